The molecule has 0 aromatic rings. The zero-order valence-corrected chi connectivity index (χ0v) is 77.0. The van der Waals surface area contributed by atoms with E-state index in [-0.39, 0.29) is 157 Å². The fourth-order valence-corrected chi connectivity index (χ4v) is 15.1. The van der Waals surface area contributed by atoms with Crippen molar-refractivity contribution in [3.63, 3.8) is 0 Å². The Morgan fingerprint density at radius 3 is 0.415 bits per heavy atom. The van der Waals surface area contributed by atoms with E-state index in [4.69, 9.17) is 28.4 Å². The molecule has 0 saturated heterocycles. The highest BCUT2D eigenvalue weighted by molar-refractivity contribution is 5.71. The second-order valence-corrected chi connectivity index (χ2v) is 34.6. The molecule has 0 radical (unpaired) electrons. The fourth-order valence-electron chi connectivity index (χ4n) is 15.1. The van der Waals surface area contributed by atoms with Crippen LogP contribution in [0.1, 0.15) is 427 Å². The molecule has 0 aliphatic rings. The average molecular weight is 1680 g/mol. The Bertz CT molecular complexity index is 1870. The van der Waals surface area contributed by atoms with Crippen LogP contribution in [-0.4, -0.2) is 241 Å². The van der Waals surface area contributed by atoms with Gasteiger partial charge in [-0.3, -0.25) is 48.4 Å². The van der Waals surface area contributed by atoms with E-state index in [9.17, 15) is 59.4 Å². The van der Waals surface area contributed by atoms with Crippen LogP contribution in [-0.2, 0) is 57.2 Å². The molecule has 6 N–H and O–H groups in total. The Labute approximate surface area is 721 Å². The van der Waals surface area contributed by atoms with Gasteiger partial charge in [-0.2, -0.15) is 0 Å². The molecule has 0 bridgehead atoms. The minimum Gasteiger partial charge on any atom is -0.463 e. The van der Waals surface area contributed by atoms with Crippen LogP contribution in [0.25, 0.3) is 0 Å². The third kappa shape index (κ3) is 80.8. The molecule has 0 heterocycles. The average Bonchev–Trinajstić information content (AvgIpc) is 0.926. The molecule has 6 unspecified atom stereocenters. The summed E-state index contributed by atoms with van der Waals surface area (Å²) in [7, 11) is 0. The van der Waals surface area contributed by atoms with Gasteiger partial charge in [0.05, 0.1) is 0 Å². The quantitative estimate of drug-likeness (QED) is 0.0187. The van der Waals surface area contributed by atoms with Crippen LogP contribution in [0.5, 0.6) is 0 Å². The molecule has 0 rings (SSSR count). The van der Waals surface area contributed by atoms with Crippen LogP contribution >= 0.6 is 0 Å². The molecule has 0 aromatic carbocycles. The van der Waals surface area contributed by atoms with Gasteiger partial charge in [0.15, 0.2) is 0 Å². The van der Waals surface area contributed by atoms with Gasteiger partial charge in [0, 0.05) is 117 Å². The van der Waals surface area contributed by atoms with Gasteiger partial charge in [0.2, 0.25) is 0 Å². The number of nitrogens with zero attached hydrogens (tertiary/aromatic N) is 4. The lowest BCUT2D eigenvalue weighted by molar-refractivity contribution is -0.148. The van der Waals surface area contributed by atoms with Crippen LogP contribution in [0.3, 0.4) is 0 Å². The fraction of sp³-hybridized carbons (Fsp3) is 0.938. The number of ether oxygens (including phenoxy) is 6. The normalized spacial score (nSPS) is 13.3. The number of hydrogen-bond donors (Lipinski definition) is 6. The van der Waals surface area contributed by atoms with Gasteiger partial charge < -0.3 is 59.1 Å². The van der Waals surface area contributed by atoms with Gasteiger partial charge in [-0.05, 0) is 38.5 Å². The third-order valence-corrected chi connectivity index (χ3v) is 22.5. The van der Waals surface area contributed by atoms with Crippen LogP contribution in [0.2, 0.25) is 0 Å². The summed E-state index contributed by atoms with van der Waals surface area (Å²) >= 11 is 0. The van der Waals surface area contributed by atoms with E-state index < -0.39 is 72.4 Å². The predicted molar refractivity (Wildman–Crippen MR) is 479 cm³/mol. The Morgan fingerprint density at radius 1 is 0.178 bits per heavy atom. The minimum absolute atomic E-state index is 0.0387. The van der Waals surface area contributed by atoms with E-state index in [1.165, 1.54) is 193 Å². The highest BCUT2D eigenvalue weighted by Gasteiger charge is 2.26. The van der Waals surface area contributed by atoms with Crippen molar-refractivity contribution in [2.45, 2.75) is 463 Å². The smallest absolute Gasteiger partial charge is 0.305 e. The third-order valence-electron chi connectivity index (χ3n) is 22.5. The van der Waals surface area contributed by atoms with Crippen molar-refractivity contribution in [1.82, 2.24) is 19.6 Å². The molecule has 698 valence electrons. The van der Waals surface area contributed by atoms with E-state index in [0.717, 1.165) is 116 Å². The highest BCUT2D eigenvalue weighted by Crippen LogP contribution is 2.19. The Hall–Kier alpha value is -3.58. The van der Waals surface area contributed by atoms with Gasteiger partial charge in [0.1, 0.15) is 76.3 Å². The van der Waals surface area contributed by atoms with Crippen LogP contribution in [0.4, 0.5) is 0 Å². The topological polar surface area (TPSA) is 292 Å². The molecule has 0 aliphatic heterocycles. The Balaban J connectivity index is 7.33. The maximum atomic E-state index is 13.1. The number of carbonyl (C=O) groups is 6. The molecular formula is C96H186N4O18. The summed E-state index contributed by atoms with van der Waals surface area (Å²) in [5.74, 6) is -2.43. The number of unbranched alkanes of at least 4 members (excludes halogenated alkanes) is 48. The second-order valence-electron chi connectivity index (χ2n) is 34.6. The molecule has 118 heavy (non-hydrogen) atoms. The largest absolute Gasteiger partial charge is 0.463 e. The predicted octanol–water partition coefficient (Wildman–Crippen LogP) is 19.1. The molecule has 0 aliphatic carbocycles. The standard InChI is InChI=1S/C96H186N4O18/c1-7-13-19-25-31-37-43-49-55-61-91(107)113-79-85(101)73-98(74-86(102)80-114-92(108)62-56-50-44-38-32-26-20-14-8-2)70-67-97(68-71-99(75-87(103)81-115-93(109)63-57-51-45-39-33-27-21-15-9-3)76-88(104)82-116-94(110)64-58-52-46-40-34-28-22-16-10-4)69-72-100(77-89(105)83-117-95(111)65-59-53-47-41-35-29-23-17-11-5)78-90(106)84-118-96(112)66-60-54-48-42-36-30-24-18-12-6/h85-90,101-106H,7-84H2,1-6H3. The summed E-state index contributed by atoms with van der Waals surface area (Å²) in [6.07, 6.45) is 53.3. The zero-order valence-electron chi connectivity index (χ0n) is 77.0. The van der Waals surface area contributed by atoms with Gasteiger partial charge in [0.25, 0.3) is 0 Å². The van der Waals surface area contributed by atoms with E-state index in [2.05, 4.69) is 46.4 Å². The van der Waals surface area contributed by atoms with E-state index in [1.54, 1.807) is 0 Å². The molecule has 22 heteroatoms. The van der Waals surface area contributed by atoms with Gasteiger partial charge in [-0.15, -0.1) is 0 Å². The maximum absolute atomic E-state index is 13.1. The maximum Gasteiger partial charge on any atom is 0.305 e. The Morgan fingerprint density at radius 2 is 0.288 bits per heavy atom. The van der Waals surface area contributed by atoms with E-state index in [1.807, 2.05) is 14.7 Å². The van der Waals surface area contributed by atoms with E-state index >= 15 is 0 Å². The summed E-state index contributed by atoms with van der Waals surface area (Å²) in [6, 6.07) is 0. The first kappa shape index (κ1) is 114. The molecule has 0 amide bonds. The molecular weight excluding hydrogens is 1500 g/mol. The molecule has 0 fully saturated rings. The van der Waals surface area contributed by atoms with Gasteiger partial charge in [-0.1, -0.05) is 350 Å². The zero-order chi connectivity index (χ0) is 86.6. The molecule has 0 aromatic heterocycles. The van der Waals surface area contributed by atoms with Crippen molar-refractivity contribution in [1.29, 1.82) is 0 Å². The summed E-state index contributed by atoms with van der Waals surface area (Å²) < 4.78 is 33.9. The number of carbonyl (C=O) groups excluding carboxylic acids is 6. The number of rotatable bonds is 93. The van der Waals surface area contributed by atoms with Crippen molar-refractivity contribution in [2.24, 2.45) is 0 Å². The minimum atomic E-state index is -1.17. The lowest BCUT2D eigenvalue weighted by Crippen LogP contribution is -2.49. The van der Waals surface area contributed by atoms with Crippen molar-refractivity contribution in [2.75, 3.05) is 118 Å². The van der Waals surface area contributed by atoms with Crippen molar-refractivity contribution < 1.29 is 87.8 Å². The van der Waals surface area contributed by atoms with Gasteiger partial charge >= 0.3 is 35.8 Å². The number of hydrogen-bond acceptors (Lipinski definition) is 22. The molecule has 0 saturated carbocycles. The molecule has 22 nitrogen and oxygen atoms in total. The van der Waals surface area contributed by atoms with Gasteiger partial charge in [-0.25, -0.2) is 0 Å². The summed E-state index contributed by atoms with van der Waals surface area (Å²) in [5, 5.41) is 70.1. The number of aliphatic hydroxyl groups excluding tert-OH is 6. The van der Waals surface area contributed by atoms with Crippen LogP contribution in [0.15, 0.2) is 0 Å². The Kier molecular flexibility index (Phi) is 84.3. The monoisotopic (exact) mass is 1680 g/mol. The van der Waals surface area contributed by atoms with Crippen LogP contribution in [0, 0.1) is 0 Å². The lowest BCUT2D eigenvalue weighted by Gasteiger charge is -2.34. The van der Waals surface area contributed by atoms with Crippen molar-refractivity contribution in [3.05, 3.63) is 0 Å². The first-order valence-corrected chi connectivity index (χ1v) is 49.3. The first-order chi connectivity index (χ1) is 57.4. The van der Waals surface area contributed by atoms with E-state index in [0.29, 0.717) is 38.5 Å². The van der Waals surface area contributed by atoms with Crippen molar-refractivity contribution >= 4 is 35.8 Å². The lowest BCUT2D eigenvalue weighted by atomic mass is 10.1. The number of aliphatic hydroxyl groups is 6. The molecule has 0 spiro atoms. The summed E-state index contributed by atoms with van der Waals surface area (Å²) in [4.78, 5) is 86.4. The molecule has 6 atom stereocenters. The second kappa shape index (κ2) is 86.9. The van der Waals surface area contributed by atoms with Crippen LogP contribution < -0.4 is 0 Å². The summed E-state index contributed by atoms with van der Waals surface area (Å²) in [6.45, 7) is 12.7. The number of esters is 6. The highest BCUT2D eigenvalue weighted by atomic mass is 16.6. The van der Waals surface area contributed by atoms with Crippen molar-refractivity contribution in [3.8, 4) is 0 Å². The first-order valence-electron chi connectivity index (χ1n) is 49.3. The SMILES string of the molecule is CCCCCCCCCCCC(=O)OCC(O)CN(CCN(CCN(CC(O)COC(=O)CCCCCCCCCCC)CC(O)COC(=O)CCCCCCCCCCC)CCN(CC(O)COC(=O)CCCCCCCCCCC)CC(O)COC(=O)CCCCCCCCCCC)CC(O)COC(=O)CCCCCCCCCCC. The summed E-state index contributed by atoms with van der Waals surface area (Å²) in [5.41, 5.74) is 0.